The van der Waals surface area contributed by atoms with E-state index < -0.39 is 6.04 Å². The van der Waals surface area contributed by atoms with Crippen molar-refractivity contribution in [3.8, 4) is 0 Å². The molecule has 1 aromatic carbocycles. The highest BCUT2D eigenvalue weighted by atomic mass is 32.2. The summed E-state index contributed by atoms with van der Waals surface area (Å²) in [7, 11) is 0. The normalized spacial score (nSPS) is 17.5. The molecule has 1 N–H and O–H groups in total. The van der Waals surface area contributed by atoms with E-state index in [1.54, 1.807) is 19.3 Å². The standard InChI is InChI=1S/C25H27N3O4S/c1-5-31-24(30)22-17(4)27-25-28(23(22)20-9-8-15(2)11-16(20)3)18(14-33-25)12-21(29)26-13-19-7-6-10-32-19/h6-11,14,23H,5,12-13H2,1-4H3,(H,26,29)/t23-/m0/s1. The van der Waals surface area contributed by atoms with Crippen molar-refractivity contribution in [1.29, 1.82) is 0 Å². The summed E-state index contributed by atoms with van der Waals surface area (Å²) in [6.45, 7) is 8.30. The Bertz CT molecular complexity index is 1160. The van der Waals surface area contributed by atoms with Gasteiger partial charge in [-0.25, -0.2) is 9.79 Å². The Morgan fingerprint density at radius 3 is 2.76 bits per heavy atom. The average Bonchev–Trinajstić information content (AvgIpc) is 3.42. The van der Waals surface area contributed by atoms with Crippen molar-refractivity contribution in [2.24, 2.45) is 4.99 Å². The minimum atomic E-state index is -0.420. The van der Waals surface area contributed by atoms with Crippen LogP contribution in [-0.2, 0) is 20.9 Å². The predicted molar refractivity (Wildman–Crippen MR) is 128 cm³/mol. The third kappa shape index (κ3) is 4.75. The predicted octanol–water partition coefficient (Wildman–Crippen LogP) is 4.74. The summed E-state index contributed by atoms with van der Waals surface area (Å²) in [5, 5.41) is 5.57. The second-order valence-corrected chi connectivity index (χ2v) is 8.84. The van der Waals surface area contributed by atoms with Crippen LogP contribution in [0.4, 0.5) is 0 Å². The molecule has 0 fully saturated rings. The number of carbonyl (C=O) groups excluding carboxylic acids is 2. The number of fused-ring (bicyclic) bond motifs is 1. The third-order valence-electron chi connectivity index (χ3n) is 5.60. The van der Waals surface area contributed by atoms with Crippen molar-refractivity contribution in [1.82, 2.24) is 10.2 Å². The molecule has 0 radical (unpaired) electrons. The second-order valence-electron chi connectivity index (χ2n) is 8.01. The molecule has 0 saturated carbocycles. The topological polar surface area (TPSA) is 84.1 Å². The number of aryl methyl sites for hydroxylation is 2. The van der Waals surface area contributed by atoms with Crippen LogP contribution in [0.15, 0.2) is 68.4 Å². The van der Waals surface area contributed by atoms with Crippen molar-refractivity contribution in [2.75, 3.05) is 6.61 Å². The Kier molecular flexibility index (Phi) is 6.74. The van der Waals surface area contributed by atoms with E-state index in [1.807, 2.05) is 49.3 Å². The van der Waals surface area contributed by atoms with Crippen LogP contribution < -0.4 is 5.32 Å². The maximum atomic E-state index is 13.0. The largest absolute Gasteiger partial charge is 0.467 e. The number of benzene rings is 1. The van der Waals surface area contributed by atoms with Gasteiger partial charge in [0.2, 0.25) is 5.91 Å². The van der Waals surface area contributed by atoms with Gasteiger partial charge in [0, 0.05) is 5.70 Å². The Morgan fingerprint density at radius 1 is 1.24 bits per heavy atom. The van der Waals surface area contributed by atoms with Gasteiger partial charge in [0.1, 0.15) is 5.76 Å². The number of esters is 1. The average molecular weight is 466 g/mol. The number of ether oxygens (including phenoxy) is 1. The number of furan rings is 1. The zero-order chi connectivity index (χ0) is 23.5. The lowest BCUT2D eigenvalue weighted by Gasteiger charge is -2.37. The van der Waals surface area contributed by atoms with Gasteiger partial charge in [-0.2, -0.15) is 0 Å². The van der Waals surface area contributed by atoms with E-state index in [2.05, 4.69) is 16.4 Å². The Labute approximate surface area is 197 Å². The number of aliphatic imine (C=N–C) groups is 1. The Hall–Kier alpha value is -3.26. The lowest BCUT2D eigenvalue weighted by Crippen LogP contribution is -2.38. The fourth-order valence-electron chi connectivity index (χ4n) is 4.09. The fourth-order valence-corrected chi connectivity index (χ4v) is 5.06. The monoisotopic (exact) mass is 465 g/mol. The molecule has 1 aromatic heterocycles. The highest BCUT2D eigenvalue weighted by molar-refractivity contribution is 8.16. The van der Waals surface area contributed by atoms with Crippen LogP contribution >= 0.6 is 11.8 Å². The number of rotatable bonds is 7. The molecule has 1 atom stereocenters. The Balaban J connectivity index is 1.66. The van der Waals surface area contributed by atoms with E-state index in [0.29, 0.717) is 23.6 Å². The lowest BCUT2D eigenvalue weighted by atomic mass is 9.90. The summed E-state index contributed by atoms with van der Waals surface area (Å²) in [6.07, 6.45) is 1.73. The van der Waals surface area contributed by atoms with Crippen molar-refractivity contribution in [2.45, 2.75) is 46.7 Å². The minimum Gasteiger partial charge on any atom is -0.467 e. The molecular weight excluding hydrogens is 438 g/mol. The molecule has 2 aliphatic heterocycles. The molecule has 8 heteroatoms. The van der Waals surface area contributed by atoms with Crippen LogP contribution in [-0.4, -0.2) is 28.6 Å². The van der Waals surface area contributed by atoms with Crippen LogP contribution in [0.5, 0.6) is 0 Å². The van der Waals surface area contributed by atoms with Crippen molar-refractivity contribution in [3.05, 3.63) is 81.4 Å². The molecule has 0 bridgehead atoms. The first kappa shape index (κ1) is 22.9. The number of nitrogens with zero attached hydrogens (tertiary/aromatic N) is 2. The van der Waals surface area contributed by atoms with Crippen LogP contribution in [0.25, 0.3) is 0 Å². The smallest absolute Gasteiger partial charge is 0.338 e. The van der Waals surface area contributed by atoms with Gasteiger partial charge in [0.05, 0.1) is 43.1 Å². The zero-order valence-corrected chi connectivity index (χ0v) is 20.0. The molecule has 2 aliphatic rings. The highest BCUT2D eigenvalue weighted by Gasteiger charge is 2.41. The van der Waals surface area contributed by atoms with Gasteiger partial charge < -0.3 is 19.4 Å². The molecule has 0 spiro atoms. The maximum absolute atomic E-state index is 13.0. The summed E-state index contributed by atoms with van der Waals surface area (Å²) in [5.41, 5.74) is 5.11. The number of nitrogens with one attached hydrogen (secondary N) is 1. The summed E-state index contributed by atoms with van der Waals surface area (Å²) < 4.78 is 10.7. The highest BCUT2D eigenvalue weighted by Crippen LogP contribution is 2.45. The van der Waals surface area contributed by atoms with E-state index in [4.69, 9.17) is 9.15 Å². The van der Waals surface area contributed by atoms with Crippen molar-refractivity contribution < 1.29 is 18.7 Å². The molecule has 33 heavy (non-hydrogen) atoms. The van der Waals surface area contributed by atoms with E-state index in [-0.39, 0.29) is 24.9 Å². The molecule has 172 valence electrons. The molecular formula is C25H27N3O4S. The quantitative estimate of drug-likeness (QED) is 0.595. The van der Waals surface area contributed by atoms with Crippen LogP contribution in [0.1, 0.15) is 48.8 Å². The van der Waals surface area contributed by atoms with Gasteiger partial charge in [-0.1, -0.05) is 35.5 Å². The van der Waals surface area contributed by atoms with E-state index >= 15 is 0 Å². The molecule has 0 unspecified atom stereocenters. The summed E-state index contributed by atoms with van der Waals surface area (Å²) >= 11 is 1.46. The number of hydrogen-bond donors (Lipinski definition) is 1. The third-order valence-corrected chi connectivity index (χ3v) is 6.49. The first-order valence-corrected chi connectivity index (χ1v) is 11.7. The van der Waals surface area contributed by atoms with Crippen molar-refractivity contribution in [3.63, 3.8) is 0 Å². The number of amidine groups is 1. The molecule has 7 nitrogen and oxygen atoms in total. The molecule has 0 saturated heterocycles. The van der Waals surface area contributed by atoms with Crippen LogP contribution in [0, 0.1) is 13.8 Å². The second kappa shape index (κ2) is 9.70. The molecule has 4 rings (SSSR count). The SMILES string of the molecule is CCOC(=O)C1=C(C)N=C2SC=C(CC(=O)NCc3ccco3)N2[C@H]1c1ccc(C)cc1C. The first-order valence-electron chi connectivity index (χ1n) is 10.9. The molecule has 0 aliphatic carbocycles. The molecule has 2 aromatic rings. The van der Waals surface area contributed by atoms with E-state index in [0.717, 1.165) is 27.6 Å². The van der Waals surface area contributed by atoms with Gasteiger partial charge in [-0.15, -0.1) is 0 Å². The van der Waals surface area contributed by atoms with E-state index in [1.165, 1.54) is 11.8 Å². The molecule has 3 heterocycles. The number of hydrogen-bond acceptors (Lipinski definition) is 7. The van der Waals surface area contributed by atoms with Crippen molar-refractivity contribution >= 4 is 28.8 Å². The lowest BCUT2D eigenvalue weighted by molar-refractivity contribution is -0.139. The van der Waals surface area contributed by atoms with Gasteiger partial charge in [-0.3, -0.25) is 4.79 Å². The van der Waals surface area contributed by atoms with Gasteiger partial charge in [0.15, 0.2) is 5.17 Å². The zero-order valence-electron chi connectivity index (χ0n) is 19.2. The number of amides is 1. The van der Waals surface area contributed by atoms with Gasteiger partial charge in [-0.05, 0) is 56.4 Å². The maximum Gasteiger partial charge on any atom is 0.338 e. The van der Waals surface area contributed by atoms with Crippen LogP contribution in [0.3, 0.4) is 0 Å². The number of carbonyl (C=O) groups is 2. The van der Waals surface area contributed by atoms with E-state index in [9.17, 15) is 9.59 Å². The summed E-state index contributed by atoms with van der Waals surface area (Å²) in [6, 6.07) is 9.36. The summed E-state index contributed by atoms with van der Waals surface area (Å²) in [4.78, 5) is 32.4. The van der Waals surface area contributed by atoms with Crippen LogP contribution in [0.2, 0.25) is 0 Å². The Morgan fingerprint density at radius 2 is 2.06 bits per heavy atom. The number of thioether (sulfide) groups is 1. The van der Waals surface area contributed by atoms with Gasteiger partial charge in [0.25, 0.3) is 0 Å². The minimum absolute atomic E-state index is 0.136. The number of allylic oxidation sites excluding steroid dienone is 1. The first-order chi connectivity index (χ1) is 15.9. The summed E-state index contributed by atoms with van der Waals surface area (Å²) in [5.74, 6) is 0.166. The molecule has 1 amide bonds. The van der Waals surface area contributed by atoms with Gasteiger partial charge >= 0.3 is 5.97 Å². The fraction of sp³-hybridized carbons (Fsp3) is 0.320.